The van der Waals surface area contributed by atoms with E-state index in [1.807, 2.05) is 0 Å². The van der Waals surface area contributed by atoms with Crippen LogP contribution in [0.1, 0.15) is 81.0 Å². The normalized spacial score (nSPS) is 17.1. The maximum Gasteiger partial charge on any atom is 0.266 e. The van der Waals surface area contributed by atoms with Gasteiger partial charge in [0.25, 0.3) is 16.0 Å². The van der Waals surface area contributed by atoms with E-state index in [2.05, 4.69) is 20.9 Å². The first-order chi connectivity index (χ1) is 21.4. The number of carbonyl (C=O) groups is 3. The molecule has 0 radical (unpaired) electrons. The third-order valence-electron chi connectivity index (χ3n) is 7.79. The number of piperidine rings is 1. The number of hydrogen-bond donors (Lipinski definition) is 5. The molecule has 0 unspecified atom stereocenters. The van der Waals surface area contributed by atoms with Gasteiger partial charge < -0.3 is 36.1 Å². The highest BCUT2D eigenvalue weighted by atomic mass is 35.5. The summed E-state index contributed by atoms with van der Waals surface area (Å²) in [7, 11) is -0.934. The van der Waals surface area contributed by atoms with Crippen molar-refractivity contribution in [2.24, 2.45) is 0 Å². The Morgan fingerprint density at radius 2 is 1.60 bits per heavy atom. The Morgan fingerprint density at radius 1 is 0.978 bits per heavy atom. The van der Waals surface area contributed by atoms with E-state index < -0.39 is 15.9 Å². The topological polar surface area (TPSA) is 189 Å². The van der Waals surface area contributed by atoms with Crippen molar-refractivity contribution in [1.29, 1.82) is 0 Å². The van der Waals surface area contributed by atoms with Gasteiger partial charge in [-0.05, 0) is 44.7 Å². The minimum absolute atomic E-state index is 0.0617. The van der Waals surface area contributed by atoms with Crippen molar-refractivity contribution in [1.82, 2.24) is 20.9 Å². The van der Waals surface area contributed by atoms with E-state index >= 15 is 0 Å². The Morgan fingerprint density at radius 3 is 2.24 bits per heavy atom. The Bertz CT molecular complexity index is 1200. The fraction of sp³-hybridized carbons (Fsp3) is 0.700. The highest BCUT2D eigenvalue weighted by molar-refractivity contribution is 7.85. The lowest BCUT2D eigenvalue weighted by Crippen LogP contribution is -2.54. The maximum atomic E-state index is 13.0. The van der Waals surface area contributed by atoms with E-state index in [-0.39, 0.29) is 36.4 Å². The molecule has 1 aliphatic heterocycles. The number of benzene rings is 1. The van der Waals surface area contributed by atoms with E-state index in [4.69, 9.17) is 31.4 Å². The van der Waals surface area contributed by atoms with Crippen molar-refractivity contribution < 1.29 is 36.8 Å². The number of rotatable bonds is 21. The van der Waals surface area contributed by atoms with Crippen molar-refractivity contribution in [3.63, 3.8) is 0 Å². The van der Waals surface area contributed by atoms with E-state index in [1.165, 1.54) is 13.2 Å². The highest BCUT2D eigenvalue weighted by Gasteiger charge is 2.31. The van der Waals surface area contributed by atoms with Crippen LogP contribution in [0.4, 0.5) is 5.69 Å². The summed E-state index contributed by atoms with van der Waals surface area (Å²) >= 11 is 6.13. The zero-order chi connectivity index (χ0) is 33.2. The third kappa shape index (κ3) is 15.5. The number of nitrogens with two attached hydrogens (primary N) is 1. The van der Waals surface area contributed by atoms with Crippen molar-refractivity contribution in [3.05, 3.63) is 22.7 Å². The van der Waals surface area contributed by atoms with Gasteiger partial charge in [0.05, 0.1) is 41.3 Å². The number of halogens is 1. The lowest BCUT2D eigenvalue weighted by atomic mass is 10.00. The van der Waals surface area contributed by atoms with Crippen LogP contribution in [0.25, 0.3) is 0 Å². The van der Waals surface area contributed by atoms with Gasteiger partial charge in [-0.1, -0.05) is 37.3 Å². The quantitative estimate of drug-likeness (QED) is 0.0736. The van der Waals surface area contributed by atoms with Crippen LogP contribution in [0.3, 0.4) is 0 Å². The number of likely N-dealkylation sites (tertiary alicyclic amines) is 1. The van der Waals surface area contributed by atoms with Crippen LogP contribution in [0.15, 0.2) is 12.1 Å². The van der Waals surface area contributed by atoms with Crippen molar-refractivity contribution in [3.8, 4) is 5.75 Å². The van der Waals surface area contributed by atoms with E-state index in [9.17, 15) is 22.8 Å². The molecule has 0 spiro atoms. The molecule has 1 aliphatic rings. The Hall–Kier alpha value is -2.65. The molecule has 1 aromatic rings. The summed E-state index contributed by atoms with van der Waals surface area (Å²) in [6, 6.07) is 2.90. The van der Waals surface area contributed by atoms with E-state index in [0.29, 0.717) is 54.4 Å². The Balaban J connectivity index is 1.51. The van der Waals surface area contributed by atoms with Crippen LogP contribution in [0, 0.1) is 0 Å². The van der Waals surface area contributed by atoms with Gasteiger partial charge in [0, 0.05) is 52.2 Å². The molecule has 0 aliphatic carbocycles. The van der Waals surface area contributed by atoms with Crippen LogP contribution < -0.4 is 26.4 Å². The Labute approximate surface area is 272 Å². The fourth-order valence-electron chi connectivity index (χ4n) is 5.21. The molecule has 45 heavy (non-hydrogen) atoms. The number of hydrogen-bond acceptors (Lipinski definition) is 9. The highest BCUT2D eigenvalue weighted by Crippen LogP contribution is 2.29. The molecular weight excluding hydrogens is 626 g/mol. The minimum Gasteiger partial charge on any atom is -0.496 e. The number of amides is 3. The molecule has 1 saturated heterocycles. The summed E-state index contributed by atoms with van der Waals surface area (Å²) in [6.07, 6.45) is 8.53. The number of methoxy groups -OCH3 is 2. The minimum atomic E-state index is -4.06. The molecule has 1 heterocycles. The smallest absolute Gasteiger partial charge is 0.266 e. The number of nitrogen functional groups attached to an aromatic ring is 1. The Kier molecular flexibility index (Phi) is 17.5. The zero-order valence-corrected chi connectivity index (χ0v) is 28.0. The molecular formula is C30H50ClN5O8S. The van der Waals surface area contributed by atoms with Crippen LogP contribution in [-0.2, 0) is 24.4 Å². The maximum absolute atomic E-state index is 13.0. The molecule has 2 atom stereocenters. The van der Waals surface area contributed by atoms with Gasteiger partial charge in [0.2, 0.25) is 11.8 Å². The van der Waals surface area contributed by atoms with Gasteiger partial charge in [-0.3, -0.25) is 18.9 Å². The number of carbonyl (C=O) groups excluding carboxylic acids is 3. The molecule has 0 saturated carbocycles. The first-order valence-electron chi connectivity index (χ1n) is 15.6. The van der Waals surface area contributed by atoms with Gasteiger partial charge in [-0.25, -0.2) is 0 Å². The number of anilines is 1. The summed E-state index contributed by atoms with van der Waals surface area (Å²) in [4.78, 5) is 39.1. The van der Waals surface area contributed by atoms with Gasteiger partial charge in [-0.15, -0.1) is 0 Å². The molecule has 6 N–H and O–H groups in total. The van der Waals surface area contributed by atoms with Crippen LogP contribution in [0.2, 0.25) is 5.02 Å². The molecule has 13 nitrogen and oxygen atoms in total. The first-order valence-corrected chi connectivity index (χ1v) is 17.6. The average molecular weight is 676 g/mol. The van der Waals surface area contributed by atoms with Gasteiger partial charge in [-0.2, -0.15) is 8.42 Å². The predicted octanol–water partition coefficient (Wildman–Crippen LogP) is 2.77. The summed E-state index contributed by atoms with van der Waals surface area (Å²) in [5, 5.41) is 8.80. The predicted molar refractivity (Wildman–Crippen MR) is 174 cm³/mol. The molecule has 15 heteroatoms. The summed E-state index contributed by atoms with van der Waals surface area (Å²) in [5.74, 6) is -0.569. The standard InChI is InChI=1S/C30H50ClN5O8S/c1-43-26-20-24(32)23(31)19-22(26)30(39)35-25-13-17-36(21-27(25)44-2)16-10-6-8-12-28(37)33-14-9-5-3-4-7-11-29(38)34-15-18-45(40,41)42/h19-20,25,27H,3-18,21,32H2,1-2H3,(H,33,37)(H,34,38)(H,35,39)(H,40,41,42)/t25-,27+/m1/s1. The third-order valence-corrected chi connectivity index (χ3v) is 8.84. The van der Waals surface area contributed by atoms with Crippen LogP contribution >= 0.6 is 11.6 Å². The second-order valence-corrected chi connectivity index (χ2v) is 13.3. The second-order valence-electron chi connectivity index (χ2n) is 11.3. The summed E-state index contributed by atoms with van der Waals surface area (Å²) in [6.45, 7) is 2.97. The van der Waals surface area contributed by atoms with Crippen LogP contribution in [0.5, 0.6) is 5.75 Å². The molecule has 2 rings (SSSR count). The molecule has 1 fully saturated rings. The lowest BCUT2D eigenvalue weighted by molar-refractivity contribution is -0.122. The lowest BCUT2D eigenvalue weighted by Gasteiger charge is -2.38. The van der Waals surface area contributed by atoms with Crippen molar-refractivity contribution in [2.75, 3.05) is 58.4 Å². The van der Waals surface area contributed by atoms with Gasteiger partial charge in [0.1, 0.15) is 5.75 Å². The molecule has 0 bridgehead atoms. The summed E-state index contributed by atoms with van der Waals surface area (Å²) < 4.78 is 40.9. The fourth-order valence-corrected chi connectivity index (χ4v) is 5.74. The number of nitrogens with zero attached hydrogens (tertiary/aromatic N) is 1. The second kappa shape index (κ2) is 20.5. The van der Waals surface area contributed by atoms with Gasteiger partial charge >= 0.3 is 0 Å². The molecule has 3 amide bonds. The molecule has 256 valence electrons. The van der Waals surface area contributed by atoms with Crippen molar-refractivity contribution >= 4 is 45.1 Å². The number of nitrogens with one attached hydrogen (secondary N) is 3. The monoisotopic (exact) mass is 675 g/mol. The zero-order valence-electron chi connectivity index (χ0n) is 26.4. The summed E-state index contributed by atoms with van der Waals surface area (Å²) in [5.41, 5.74) is 6.50. The van der Waals surface area contributed by atoms with Crippen LogP contribution in [-0.4, -0.2) is 100 Å². The van der Waals surface area contributed by atoms with E-state index in [0.717, 1.165) is 64.5 Å². The molecule has 0 aromatic heterocycles. The SMILES string of the molecule is COc1cc(N)c(Cl)cc1C(=O)N[C@@H]1CCN(CCCCCC(=O)NCCCCCCCC(=O)NCCS(=O)(=O)O)C[C@@H]1OC. The van der Waals surface area contributed by atoms with Crippen molar-refractivity contribution in [2.45, 2.75) is 82.8 Å². The average Bonchev–Trinajstić information content (AvgIpc) is 2.99. The number of unbranched alkanes of at least 4 members (excludes halogenated alkanes) is 6. The largest absolute Gasteiger partial charge is 0.496 e. The molecule has 1 aromatic carbocycles. The van der Waals surface area contributed by atoms with E-state index in [1.54, 1.807) is 13.2 Å². The first kappa shape index (κ1) is 38.5. The van der Waals surface area contributed by atoms with Gasteiger partial charge in [0.15, 0.2) is 0 Å². The number of ether oxygens (including phenoxy) is 2.